The molecule has 4 aromatic rings. The second-order valence-corrected chi connectivity index (χ2v) is 16.6. The number of carboxylic acids is 1. The lowest BCUT2D eigenvalue weighted by atomic mass is 9.74. The van der Waals surface area contributed by atoms with Crippen molar-refractivity contribution in [1.29, 1.82) is 0 Å². The first-order valence-corrected chi connectivity index (χ1v) is 22.2. The highest BCUT2D eigenvalue weighted by atomic mass is 16.6. The maximum atomic E-state index is 14.1. The maximum Gasteiger partial charge on any atom is 0.345 e. The van der Waals surface area contributed by atoms with Crippen LogP contribution in [0.15, 0.2) is 48.5 Å². The molecule has 0 fully saturated rings. The molecule has 0 bridgehead atoms. The fourth-order valence-electron chi connectivity index (χ4n) is 9.24. The van der Waals surface area contributed by atoms with E-state index in [9.17, 15) is 55.5 Å². The lowest BCUT2D eigenvalue weighted by molar-refractivity contribution is -0.162. The Hall–Kier alpha value is -6.38. The van der Waals surface area contributed by atoms with E-state index in [2.05, 4.69) is 10.6 Å². The summed E-state index contributed by atoms with van der Waals surface area (Å²) in [6.45, 7) is 7.64. The SMILES string of the molecule is CCCCC/C(=C\C(=O)O[C@@H](C(=O)O)[C@H](CNCC)c1cc(O)c(O)c(O)c1)c1cc(O)c(O)c2c1C=C(c1cc(O)c(O)c3c1-c1cccc(O)c1CCC3)C[C@@H]2CCCNCC. The normalized spacial score (nSPS) is 15.6. The Morgan fingerprint density at radius 3 is 2.16 bits per heavy atom. The molecule has 14 nitrogen and oxygen atoms in total. The van der Waals surface area contributed by atoms with Crippen LogP contribution < -0.4 is 10.6 Å². The predicted octanol–water partition coefficient (Wildman–Crippen LogP) is 8.26. The number of aliphatic carboxylic acids is 1. The van der Waals surface area contributed by atoms with E-state index in [-0.39, 0.29) is 41.0 Å². The van der Waals surface area contributed by atoms with Gasteiger partial charge in [0, 0.05) is 35.2 Å². The zero-order valence-corrected chi connectivity index (χ0v) is 36.6. The van der Waals surface area contributed by atoms with Crippen LogP contribution in [0.3, 0.4) is 0 Å². The van der Waals surface area contributed by atoms with Crippen LogP contribution in [0.2, 0.25) is 0 Å². The molecule has 2 aliphatic rings. The molecule has 0 heterocycles. The van der Waals surface area contributed by atoms with Crippen molar-refractivity contribution in [2.45, 2.75) is 103 Å². The van der Waals surface area contributed by atoms with Crippen LogP contribution in [-0.4, -0.2) is 90.2 Å². The van der Waals surface area contributed by atoms with Gasteiger partial charge in [-0.1, -0.05) is 51.8 Å². The van der Waals surface area contributed by atoms with Gasteiger partial charge in [-0.2, -0.15) is 0 Å². The van der Waals surface area contributed by atoms with Gasteiger partial charge >= 0.3 is 11.9 Å². The van der Waals surface area contributed by atoms with Crippen LogP contribution >= 0.6 is 0 Å². The number of fused-ring (bicyclic) bond motifs is 4. The van der Waals surface area contributed by atoms with Crippen LogP contribution in [-0.2, 0) is 27.2 Å². The summed E-state index contributed by atoms with van der Waals surface area (Å²) in [6, 6.07) is 10.4. The molecule has 11 N–H and O–H groups in total. The molecule has 0 saturated heterocycles. The Morgan fingerprint density at radius 1 is 0.781 bits per heavy atom. The first kappa shape index (κ1) is 47.1. The molecule has 6 rings (SSSR count). The number of phenols is 8. The van der Waals surface area contributed by atoms with Gasteiger partial charge in [0.15, 0.2) is 40.2 Å². The van der Waals surface area contributed by atoms with Crippen molar-refractivity contribution in [3.8, 4) is 57.1 Å². The van der Waals surface area contributed by atoms with E-state index in [0.29, 0.717) is 103 Å². The number of aromatic hydroxyl groups is 8. The lowest BCUT2D eigenvalue weighted by Crippen LogP contribution is -2.38. The molecule has 0 radical (unpaired) electrons. The molecule has 2 aliphatic carbocycles. The minimum Gasteiger partial charge on any atom is -0.508 e. The summed E-state index contributed by atoms with van der Waals surface area (Å²) in [6.07, 6.45) is 7.00. The number of esters is 1. The Bertz CT molecular complexity index is 2420. The van der Waals surface area contributed by atoms with Crippen molar-refractivity contribution in [3.05, 3.63) is 87.5 Å². The van der Waals surface area contributed by atoms with Gasteiger partial charge in [-0.15, -0.1) is 0 Å². The average molecular weight is 881 g/mol. The monoisotopic (exact) mass is 880 g/mol. The summed E-state index contributed by atoms with van der Waals surface area (Å²) in [5, 5.41) is 104. The molecule has 3 atom stereocenters. The molecule has 342 valence electrons. The second-order valence-electron chi connectivity index (χ2n) is 16.6. The molecule has 64 heavy (non-hydrogen) atoms. The fraction of sp³-hybridized carbons (Fsp3) is 0.400. The molecule has 0 spiro atoms. The third-order valence-corrected chi connectivity index (χ3v) is 12.4. The second kappa shape index (κ2) is 20.9. The highest BCUT2D eigenvalue weighted by Gasteiger charge is 2.36. The lowest BCUT2D eigenvalue weighted by Gasteiger charge is -2.31. The van der Waals surface area contributed by atoms with Crippen molar-refractivity contribution in [3.63, 3.8) is 0 Å². The number of carbonyl (C=O) groups is 2. The number of phenolic OH excluding ortho intramolecular Hbond substituents is 8. The van der Waals surface area contributed by atoms with Crippen LogP contribution in [0, 0.1) is 0 Å². The Morgan fingerprint density at radius 2 is 1.47 bits per heavy atom. The molecule has 0 unspecified atom stereocenters. The van der Waals surface area contributed by atoms with Gasteiger partial charge in [-0.3, -0.25) is 0 Å². The number of hydrogen-bond donors (Lipinski definition) is 11. The fourth-order valence-corrected chi connectivity index (χ4v) is 9.24. The van der Waals surface area contributed by atoms with Crippen molar-refractivity contribution in [2.24, 2.45) is 0 Å². The molecule has 0 aliphatic heterocycles. The van der Waals surface area contributed by atoms with E-state index in [1.54, 1.807) is 19.1 Å². The van der Waals surface area contributed by atoms with E-state index < -0.39 is 47.0 Å². The van der Waals surface area contributed by atoms with Crippen molar-refractivity contribution >= 4 is 29.2 Å². The summed E-state index contributed by atoms with van der Waals surface area (Å²) in [7, 11) is 0. The van der Waals surface area contributed by atoms with Gasteiger partial charge in [0.25, 0.3) is 0 Å². The van der Waals surface area contributed by atoms with Gasteiger partial charge in [0.2, 0.25) is 6.10 Å². The van der Waals surface area contributed by atoms with Crippen LogP contribution in [0.25, 0.3) is 28.3 Å². The number of allylic oxidation sites excluding steroid dienone is 2. The van der Waals surface area contributed by atoms with Crippen LogP contribution in [0.4, 0.5) is 0 Å². The van der Waals surface area contributed by atoms with Gasteiger partial charge < -0.3 is 61.3 Å². The molecule has 4 aromatic carbocycles. The van der Waals surface area contributed by atoms with E-state index in [4.69, 9.17) is 4.74 Å². The summed E-state index contributed by atoms with van der Waals surface area (Å²) in [5.74, 6) is -7.28. The Labute approximate surface area is 372 Å². The molecule has 0 aromatic heterocycles. The smallest absolute Gasteiger partial charge is 0.345 e. The van der Waals surface area contributed by atoms with Gasteiger partial charge in [-0.05, 0) is 152 Å². The highest BCUT2D eigenvalue weighted by molar-refractivity contribution is 6.00. The minimum atomic E-state index is -1.82. The number of rotatable bonds is 19. The van der Waals surface area contributed by atoms with Crippen LogP contribution in [0.1, 0.15) is 123 Å². The molecule has 0 amide bonds. The highest BCUT2D eigenvalue weighted by Crippen LogP contribution is 2.54. The summed E-state index contributed by atoms with van der Waals surface area (Å²) < 4.78 is 5.73. The van der Waals surface area contributed by atoms with E-state index in [0.717, 1.165) is 48.2 Å². The first-order valence-electron chi connectivity index (χ1n) is 22.2. The third kappa shape index (κ3) is 10.0. The Kier molecular flexibility index (Phi) is 15.4. The number of likely N-dealkylation sites (N-methyl/N-ethyl adjacent to an activating group) is 1. The number of ether oxygens (including phenoxy) is 1. The number of unbranched alkanes of at least 4 members (excludes halogenated alkanes) is 2. The molecule has 14 heteroatoms. The quantitative estimate of drug-likeness (QED) is 0.0184. The van der Waals surface area contributed by atoms with Gasteiger partial charge in [-0.25, -0.2) is 9.59 Å². The van der Waals surface area contributed by atoms with Gasteiger partial charge in [0.1, 0.15) is 5.75 Å². The molecular weight excluding hydrogens is 821 g/mol. The number of hydrogen-bond acceptors (Lipinski definition) is 13. The van der Waals surface area contributed by atoms with Crippen molar-refractivity contribution in [1.82, 2.24) is 10.6 Å². The summed E-state index contributed by atoms with van der Waals surface area (Å²) in [5.41, 5.74) is 5.93. The van der Waals surface area contributed by atoms with E-state index in [1.807, 2.05) is 26.0 Å². The molecular formula is C50H60N2O12. The van der Waals surface area contributed by atoms with E-state index >= 15 is 0 Å². The van der Waals surface area contributed by atoms with E-state index in [1.165, 1.54) is 18.2 Å². The number of carboxylic acid groups (broad SMARTS) is 1. The standard InChI is InChI=1S/C50H60N2O12/c1-4-7-8-12-27(23-43(58)64-49(50(62)63)37(26-52-6-3)30-21-39(54)47(60)40(55)22-30)34-24-42(57)48(61)44-28(13-11-18-51-5-2)19-29(20-36(34)44)35-25-41(56)46(59)33-16-9-14-31-32(45(33)35)15-10-17-38(31)53/h10,15,17,20-25,28,37,49,51-57,59-61H,4-9,11-14,16,18-19,26H2,1-3H3,(H,62,63)/b27-23+/t28-,37+,49+/m0/s1. The number of nitrogens with one attached hydrogen (secondary N) is 2. The minimum absolute atomic E-state index is 0.0415. The topological polar surface area (TPSA) is 249 Å². The average Bonchev–Trinajstić information content (AvgIpc) is 3.47. The number of benzene rings is 4. The zero-order valence-electron chi connectivity index (χ0n) is 36.6. The predicted molar refractivity (Wildman–Crippen MR) is 244 cm³/mol. The summed E-state index contributed by atoms with van der Waals surface area (Å²) >= 11 is 0. The van der Waals surface area contributed by atoms with Gasteiger partial charge in [0.05, 0.1) is 0 Å². The largest absolute Gasteiger partial charge is 0.508 e. The van der Waals surface area contributed by atoms with Crippen molar-refractivity contribution in [2.75, 3.05) is 26.2 Å². The summed E-state index contributed by atoms with van der Waals surface area (Å²) in [4.78, 5) is 27.0. The third-order valence-electron chi connectivity index (χ3n) is 12.4. The Balaban J connectivity index is 1.54. The van der Waals surface area contributed by atoms with Crippen molar-refractivity contribution < 1.29 is 60.3 Å². The first-order chi connectivity index (χ1) is 30.7. The van der Waals surface area contributed by atoms with Crippen LogP contribution in [0.5, 0.6) is 46.0 Å². The molecule has 0 saturated carbocycles. The zero-order chi connectivity index (χ0) is 46.2. The number of carbonyl (C=O) groups excluding carboxylic acids is 1. The maximum absolute atomic E-state index is 14.1.